The molecule has 0 aromatic heterocycles. The van der Waals surface area contributed by atoms with Crippen LogP contribution in [0.1, 0.15) is 0 Å². The van der Waals surface area contributed by atoms with Crippen LogP contribution in [0, 0.1) is 11.5 Å². The van der Waals surface area contributed by atoms with E-state index in [-0.39, 0.29) is 0 Å². The van der Waals surface area contributed by atoms with Crippen LogP contribution in [0.3, 0.4) is 0 Å². The van der Waals surface area contributed by atoms with Crippen LogP contribution in [0.25, 0.3) is 0 Å². The number of nitriles is 1. The fourth-order valence-electron chi connectivity index (χ4n) is 1.43. The van der Waals surface area contributed by atoms with E-state index >= 15 is 0 Å². The molecule has 4 nitrogen and oxygen atoms in total. The van der Waals surface area contributed by atoms with Crippen molar-refractivity contribution in [1.29, 1.82) is 5.26 Å². The standard InChI is InChI=1S/C14H8N2O2S/c15-9-18-12-4-6-13(7-5-12)19-14-3-1-2-11(8-14)16-10-17/h1-8H. The largest absolute Gasteiger partial charge is 0.388 e. The van der Waals surface area contributed by atoms with Gasteiger partial charge in [-0.3, -0.25) is 0 Å². The first-order valence-corrected chi connectivity index (χ1v) is 6.15. The van der Waals surface area contributed by atoms with Gasteiger partial charge in [0.1, 0.15) is 5.75 Å². The van der Waals surface area contributed by atoms with Crippen molar-refractivity contribution in [2.75, 3.05) is 0 Å². The highest BCUT2D eigenvalue weighted by molar-refractivity contribution is 7.99. The van der Waals surface area contributed by atoms with Gasteiger partial charge in [-0.1, -0.05) is 17.8 Å². The molecule has 2 rings (SSSR count). The Morgan fingerprint density at radius 2 is 1.89 bits per heavy atom. The number of carbonyl (C=O) groups excluding carboxylic acids is 1. The van der Waals surface area contributed by atoms with E-state index in [1.165, 1.54) is 17.8 Å². The van der Waals surface area contributed by atoms with Crippen LogP contribution in [0.5, 0.6) is 5.75 Å². The van der Waals surface area contributed by atoms with Crippen molar-refractivity contribution in [3.05, 3.63) is 48.5 Å². The first-order chi connectivity index (χ1) is 9.31. The lowest BCUT2D eigenvalue weighted by Gasteiger charge is -2.03. The maximum atomic E-state index is 10.2. The van der Waals surface area contributed by atoms with Gasteiger partial charge in [-0.05, 0) is 42.5 Å². The Morgan fingerprint density at radius 1 is 1.11 bits per heavy atom. The third-order valence-electron chi connectivity index (χ3n) is 2.22. The van der Waals surface area contributed by atoms with E-state index in [1.54, 1.807) is 30.5 Å². The first-order valence-electron chi connectivity index (χ1n) is 5.33. The molecule has 0 saturated heterocycles. The molecule has 0 aliphatic rings. The molecule has 19 heavy (non-hydrogen) atoms. The van der Waals surface area contributed by atoms with E-state index in [4.69, 9.17) is 10.00 Å². The summed E-state index contributed by atoms with van der Waals surface area (Å²) in [6.07, 6.45) is 3.13. The van der Waals surface area contributed by atoms with Crippen molar-refractivity contribution in [1.82, 2.24) is 0 Å². The van der Waals surface area contributed by atoms with Gasteiger partial charge in [0.2, 0.25) is 6.08 Å². The molecule has 0 spiro atoms. The number of aliphatic imine (C=N–C) groups is 1. The lowest BCUT2D eigenvalue weighted by molar-refractivity contribution is 0.507. The minimum absolute atomic E-state index is 0.506. The first kappa shape index (κ1) is 12.9. The van der Waals surface area contributed by atoms with Gasteiger partial charge < -0.3 is 4.74 Å². The number of nitrogens with zero attached hydrogens (tertiary/aromatic N) is 2. The normalized spacial score (nSPS) is 9.21. The van der Waals surface area contributed by atoms with Crippen molar-refractivity contribution < 1.29 is 9.53 Å². The van der Waals surface area contributed by atoms with Gasteiger partial charge in [0, 0.05) is 9.79 Å². The number of hydrogen-bond donors (Lipinski definition) is 0. The number of benzene rings is 2. The van der Waals surface area contributed by atoms with E-state index < -0.39 is 0 Å². The van der Waals surface area contributed by atoms with Gasteiger partial charge in [-0.25, -0.2) is 4.79 Å². The van der Waals surface area contributed by atoms with Crippen LogP contribution in [0.15, 0.2) is 63.3 Å². The molecular weight excluding hydrogens is 260 g/mol. The molecular formula is C14H8N2O2S. The predicted octanol–water partition coefficient (Wildman–Crippen LogP) is 3.66. The smallest absolute Gasteiger partial charge is 0.292 e. The molecule has 0 atom stereocenters. The zero-order chi connectivity index (χ0) is 13.5. The number of hydrogen-bond acceptors (Lipinski definition) is 5. The van der Waals surface area contributed by atoms with Crippen LogP contribution < -0.4 is 4.74 Å². The molecule has 0 unspecified atom stereocenters. The quantitative estimate of drug-likeness (QED) is 0.482. The second kappa shape index (κ2) is 6.41. The Morgan fingerprint density at radius 3 is 2.58 bits per heavy atom. The molecule has 0 aliphatic heterocycles. The molecule has 92 valence electrons. The van der Waals surface area contributed by atoms with E-state index in [9.17, 15) is 4.79 Å². The molecule has 0 bridgehead atoms. The molecule has 2 aromatic carbocycles. The SMILES string of the molecule is N#COc1ccc(Sc2cccc(N=C=O)c2)cc1. The monoisotopic (exact) mass is 268 g/mol. The lowest BCUT2D eigenvalue weighted by atomic mass is 10.3. The average Bonchev–Trinajstić information content (AvgIpc) is 2.42. The highest BCUT2D eigenvalue weighted by atomic mass is 32.2. The molecule has 0 radical (unpaired) electrons. The Labute approximate surface area is 114 Å². The van der Waals surface area contributed by atoms with Crippen molar-refractivity contribution in [2.24, 2.45) is 4.99 Å². The third kappa shape index (κ3) is 3.71. The van der Waals surface area contributed by atoms with Crippen molar-refractivity contribution in [3.63, 3.8) is 0 Å². The Balaban J connectivity index is 2.14. The Hall–Kier alpha value is -2.54. The molecule has 2 aromatic rings. The van der Waals surface area contributed by atoms with E-state index in [1.807, 2.05) is 24.3 Å². The Bertz CT molecular complexity index is 656. The summed E-state index contributed by atoms with van der Waals surface area (Å²) in [5.74, 6) is 0.506. The molecule has 0 fully saturated rings. The van der Waals surface area contributed by atoms with Crippen molar-refractivity contribution >= 4 is 23.5 Å². The van der Waals surface area contributed by atoms with Gasteiger partial charge in [0.15, 0.2) is 0 Å². The second-order valence-electron chi connectivity index (χ2n) is 3.47. The third-order valence-corrected chi connectivity index (χ3v) is 3.21. The maximum absolute atomic E-state index is 10.2. The van der Waals surface area contributed by atoms with Crippen LogP contribution in [-0.4, -0.2) is 6.08 Å². The van der Waals surface area contributed by atoms with E-state index in [0.717, 1.165) is 9.79 Å². The van der Waals surface area contributed by atoms with Gasteiger partial charge in [0.25, 0.3) is 6.26 Å². The summed E-state index contributed by atoms with van der Waals surface area (Å²) in [7, 11) is 0. The zero-order valence-corrected chi connectivity index (χ0v) is 10.6. The van der Waals surface area contributed by atoms with Gasteiger partial charge in [-0.2, -0.15) is 4.99 Å². The molecule has 0 N–H and O–H groups in total. The van der Waals surface area contributed by atoms with Crippen LogP contribution in [0.4, 0.5) is 5.69 Å². The molecule has 5 heteroatoms. The van der Waals surface area contributed by atoms with E-state index in [2.05, 4.69) is 4.99 Å². The topological polar surface area (TPSA) is 62.4 Å². The minimum Gasteiger partial charge on any atom is -0.388 e. The highest BCUT2D eigenvalue weighted by Gasteiger charge is 2.00. The van der Waals surface area contributed by atoms with Gasteiger partial charge in [-0.15, -0.1) is 5.26 Å². The summed E-state index contributed by atoms with van der Waals surface area (Å²) in [6, 6.07) is 14.4. The Kier molecular flexibility index (Phi) is 4.35. The van der Waals surface area contributed by atoms with Crippen molar-refractivity contribution in [3.8, 4) is 12.0 Å². The van der Waals surface area contributed by atoms with Crippen LogP contribution in [0.2, 0.25) is 0 Å². The van der Waals surface area contributed by atoms with Crippen LogP contribution in [-0.2, 0) is 4.79 Å². The molecule has 0 aliphatic carbocycles. The summed E-state index contributed by atoms with van der Waals surface area (Å²) in [5.41, 5.74) is 0.574. The fourth-order valence-corrected chi connectivity index (χ4v) is 2.30. The average molecular weight is 268 g/mol. The summed E-state index contributed by atoms with van der Waals surface area (Å²) >= 11 is 1.53. The summed E-state index contributed by atoms with van der Waals surface area (Å²) < 4.78 is 4.70. The summed E-state index contributed by atoms with van der Waals surface area (Å²) in [6.45, 7) is 0. The van der Waals surface area contributed by atoms with E-state index in [0.29, 0.717) is 11.4 Å². The number of isocyanates is 1. The predicted molar refractivity (Wildman–Crippen MR) is 71.0 cm³/mol. The second-order valence-corrected chi connectivity index (χ2v) is 4.61. The molecule has 0 amide bonds. The number of rotatable bonds is 4. The minimum atomic E-state index is 0.506. The maximum Gasteiger partial charge on any atom is 0.292 e. The van der Waals surface area contributed by atoms with Gasteiger partial charge >= 0.3 is 0 Å². The highest BCUT2D eigenvalue weighted by Crippen LogP contribution is 2.30. The summed E-state index contributed by atoms with van der Waals surface area (Å²) in [4.78, 5) is 15.7. The molecule has 0 heterocycles. The fraction of sp³-hybridized carbons (Fsp3) is 0. The molecule has 0 saturated carbocycles. The zero-order valence-electron chi connectivity index (χ0n) is 9.74. The number of ether oxygens (including phenoxy) is 1. The van der Waals surface area contributed by atoms with Gasteiger partial charge in [0.05, 0.1) is 5.69 Å². The van der Waals surface area contributed by atoms with Crippen LogP contribution >= 0.6 is 11.8 Å². The van der Waals surface area contributed by atoms with Crippen molar-refractivity contribution in [2.45, 2.75) is 9.79 Å². The summed E-state index contributed by atoms with van der Waals surface area (Å²) in [5, 5.41) is 8.39. The lowest BCUT2D eigenvalue weighted by Crippen LogP contribution is -1.81.